The molecule has 0 aliphatic rings. The van der Waals surface area contributed by atoms with Crippen molar-refractivity contribution >= 4 is 17.2 Å². The van der Waals surface area contributed by atoms with Gasteiger partial charge in [-0.2, -0.15) is 0 Å². The topological polar surface area (TPSA) is 58.4 Å². The number of carbonyl (C=O) groups is 1. The molecule has 1 unspecified atom stereocenters. The summed E-state index contributed by atoms with van der Waals surface area (Å²) in [6.07, 6.45) is 0.963. The van der Waals surface area contributed by atoms with E-state index in [0.717, 1.165) is 30.9 Å². The molecule has 1 amide bonds. The van der Waals surface area contributed by atoms with Crippen molar-refractivity contribution in [3.63, 3.8) is 0 Å². The van der Waals surface area contributed by atoms with Gasteiger partial charge in [0.05, 0.1) is 0 Å². The largest absolute Gasteiger partial charge is 0.354 e. The summed E-state index contributed by atoms with van der Waals surface area (Å²) in [5, 5.41) is 4.82. The molecule has 0 spiro atoms. The van der Waals surface area contributed by atoms with Crippen LogP contribution in [0.2, 0.25) is 0 Å². The van der Waals surface area contributed by atoms with E-state index in [2.05, 4.69) is 24.1 Å². The second kappa shape index (κ2) is 8.24. The van der Waals surface area contributed by atoms with Crippen LogP contribution < -0.4 is 11.1 Å². The summed E-state index contributed by atoms with van der Waals surface area (Å²) >= 11 is 1.52. The van der Waals surface area contributed by atoms with Crippen molar-refractivity contribution in [2.75, 3.05) is 26.2 Å². The fourth-order valence-corrected chi connectivity index (χ4v) is 2.49. The van der Waals surface area contributed by atoms with E-state index in [1.165, 1.54) is 11.3 Å². The summed E-state index contributed by atoms with van der Waals surface area (Å²) in [5.41, 5.74) is 5.87. The maximum Gasteiger partial charge on any atom is 0.242 e. The lowest BCUT2D eigenvalue weighted by Crippen LogP contribution is -2.35. The number of hydrogen-bond donors (Lipinski definition) is 2. The minimum Gasteiger partial charge on any atom is -0.354 e. The Morgan fingerprint density at radius 1 is 1.50 bits per heavy atom. The van der Waals surface area contributed by atoms with Gasteiger partial charge in [0, 0.05) is 11.4 Å². The zero-order valence-corrected chi connectivity index (χ0v) is 12.0. The average Bonchev–Trinajstić information content (AvgIpc) is 2.91. The zero-order valence-electron chi connectivity index (χ0n) is 11.2. The van der Waals surface area contributed by atoms with Crippen molar-refractivity contribution < 1.29 is 4.79 Å². The number of rotatable bonds is 8. The lowest BCUT2D eigenvalue weighted by atomic mass is 10.2. The van der Waals surface area contributed by atoms with E-state index in [1.807, 2.05) is 17.5 Å². The SMILES string of the molecule is CCN(CC)CCCNC(=O)C(N)c1cccs1. The molecule has 102 valence electrons. The van der Waals surface area contributed by atoms with Gasteiger partial charge in [-0.15, -0.1) is 11.3 Å². The molecule has 1 aromatic rings. The quantitative estimate of drug-likeness (QED) is 0.705. The zero-order chi connectivity index (χ0) is 13.4. The van der Waals surface area contributed by atoms with Crippen LogP contribution in [0.1, 0.15) is 31.2 Å². The average molecular weight is 269 g/mol. The highest BCUT2D eigenvalue weighted by molar-refractivity contribution is 7.10. The van der Waals surface area contributed by atoms with E-state index in [-0.39, 0.29) is 5.91 Å². The first kappa shape index (κ1) is 15.1. The standard InChI is InChI=1S/C13H23N3OS/c1-3-16(4-2)9-6-8-15-13(17)12(14)11-7-5-10-18-11/h5,7,10,12H,3-4,6,8-9,14H2,1-2H3,(H,15,17). The van der Waals surface area contributed by atoms with E-state index in [4.69, 9.17) is 5.73 Å². The predicted molar refractivity (Wildman–Crippen MR) is 76.7 cm³/mol. The molecule has 0 fully saturated rings. The van der Waals surface area contributed by atoms with Gasteiger partial charge in [0.25, 0.3) is 0 Å². The Morgan fingerprint density at radius 3 is 2.78 bits per heavy atom. The lowest BCUT2D eigenvalue weighted by molar-refractivity contribution is -0.122. The third kappa shape index (κ3) is 4.76. The maximum atomic E-state index is 11.8. The molecule has 1 aromatic heterocycles. The fraction of sp³-hybridized carbons (Fsp3) is 0.615. The van der Waals surface area contributed by atoms with Crippen molar-refractivity contribution in [1.82, 2.24) is 10.2 Å². The molecule has 0 saturated carbocycles. The van der Waals surface area contributed by atoms with Crippen molar-refractivity contribution in [3.05, 3.63) is 22.4 Å². The second-order valence-electron chi connectivity index (χ2n) is 4.16. The minimum absolute atomic E-state index is 0.0861. The van der Waals surface area contributed by atoms with E-state index in [0.29, 0.717) is 6.54 Å². The number of nitrogens with two attached hydrogens (primary N) is 1. The highest BCUT2D eigenvalue weighted by Crippen LogP contribution is 2.16. The Hall–Kier alpha value is -0.910. The smallest absolute Gasteiger partial charge is 0.242 e. The Balaban J connectivity index is 2.21. The number of nitrogens with one attached hydrogen (secondary N) is 1. The molecule has 4 nitrogen and oxygen atoms in total. The normalized spacial score (nSPS) is 12.7. The van der Waals surface area contributed by atoms with E-state index in [1.54, 1.807) is 0 Å². The fourth-order valence-electron chi connectivity index (χ4n) is 1.76. The van der Waals surface area contributed by atoms with Crippen molar-refractivity contribution in [1.29, 1.82) is 0 Å². The first-order chi connectivity index (χ1) is 8.69. The van der Waals surface area contributed by atoms with E-state index < -0.39 is 6.04 Å². The summed E-state index contributed by atoms with van der Waals surface area (Å²) in [5.74, 6) is -0.0861. The van der Waals surface area contributed by atoms with Gasteiger partial charge < -0.3 is 16.0 Å². The number of nitrogens with zero attached hydrogens (tertiary/aromatic N) is 1. The third-order valence-electron chi connectivity index (χ3n) is 2.98. The molecule has 0 radical (unpaired) electrons. The lowest BCUT2D eigenvalue weighted by Gasteiger charge is -2.18. The first-order valence-electron chi connectivity index (χ1n) is 6.48. The van der Waals surface area contributed by atoms with Gasteiger partial charge in [0.2, 0.25) is 5.91 Å². The Morgan fingerprint density at radius 2 is 2.22 bits per heavy atom. The summed E-state index contributed by atoms with van der Waals surface area (Å²) in [7, 11) is 0. The molecule has 0 aromatic carbocycles. The third-order valence-corrected chi connectivity index (χ3v) is 3.93. The highest BCUT2D eigenvalue weighted by atomic mass is 32.1. The van der Waals surface area contributed by atoms with Crippen LogP contribution in [0.3, 0.4) is 0 Å². The number of carbonyl (C=O) groups excluding carboxylic acids is 1. The van der Waals surface area contributed by atoms with Gasteiger partial charge in [-0.3, -0.25) is 4.79 Å². The molecular weight excluding hydrogens is 246 g/mol. The molecule has 5 heteroatoms. The van der Waals surface area contributed by atoms with Crippen LogP contribution in [0.15, 0.2) is 17.5 Å². The molecule has 1 rings (SSSR count). The summed E-state index contributed by atoms with van der Waals surface area (Å²) in [6.45, 7) is 8.11. The molecule has 18 heavy (non-hydrogen) atoms. The van der Waals surface area contributed by atoms with Gasteiger partial charge in [-0.05, 0) is 37.5 Å². The molecule has 0 bridgehead atoms. The molecule has 1 heterocycles. The molecule has 3 N–H and O–H groups in total. The van der Waals surface area contributed by atoms with Gasteiger partial charge >= 0.3 is 0 Å². The summed E-state index contributed by atoms with van der Waals surface area (Å²) < 4.78 is 0. The Bertz CT molecular complexity index is 336. The summed E-state index contributed by atoms with van der Waals surface area (Å²) in [6, 6.07) is 3.27. The monoisotopic (exact) mass is 269 g/mol. The van der Waals surface area contributed by atoms with Crippen LogP contribution >= 0.6 is 11.3 Å². The molecule has 1 atom stereocenters. The van der Waals surface area contributed by atoms with E-state index >= 15 is 0 Å². The predicted octanol–water partition coefficient (Wildman–Crippen LogP) is 1.60. The Kier molecular flexibility index (Phi) is 6.93. The second-order valence-corrected chi connectivity index (χ2v) is 5.14. The van der Waals surface area contributed by atoms with Crippen LogP contribution in [0.5, 0.6) is 0 Å². The van der Waals surface area contributed by atoms with Crippen LogP contribution in [0.4, 0.5) is 0 Å². The van der Waals surface area contributed by atoms with Gasteiger partial charge in [0.15, 0.2) is 0 Å². The van der Waals surface area contributed by atoms with Crippen molar-refractivity contribution in [2.45, 2.75) is 26.3 Å². The first-order valence-corrected chi connectivity index (χ1v) is 7.36. The van der Waals surface area contributed by atoms with Crippen LogP contribution in [0, 0.1) is 0 Å². The van der Waals surface area contributed by atoms with Crippen LogP contribution in [0.25, 0.3) is 0 Å². The highest BCUT2D eigenvalue weighted by Gasteiger charge is 2.15. The van der Waals surface area contributed by atoms with Crippen molar-refractivity contribution in [3.8, 4) is 0 Å². The maximum absolute atomic E-state index is 11.8. The number of amides is 1. The summed E-state index contributed by atoms with van der Waals surface area (Å²) in [4.78, 5) is 15.0. The van der Waals surface area contributed by atoms with Crippen LogP contribution in [-0.4, -0.2) is 37.0 Å². The number of hydrogen-bond acceptors (Lipinski definition) is 4. The molecule has 0 aliphatic carbocycles. The molecule has 0 aliphatic heterocycles. The van der Waals surface area contributed by atoms with Crippen LogP contribution in [-0.2, 0) is 4.79 Å². The van der Waals surface area contributed by atoms with Gasteiger partial charge in [-0.1, -0.05) is 19.9 Å². The van der Waals surface area contributed by atoms with Crippen molar-refractivity contribution in [2.24, 2.45) is 5.73 Å². The minimum atomic E-state index is -0.529. The Labute approximate surface area is 113 Å². The van der Waals surface area contributed by atoms with Gasteiger partial charge in [0.1, 0.15) is 6.04 Å². The number of thiophene rings is 1. The molecular formula is C13H23N3OS. The molecule has 0 saturated heterocycles. The van der Waals surface area contributed by atoms with E-state index in [9.17, 15) is 4.79 Å². The van der Waals surface area contributed by atoms with Gasteiger partial charge in [-0.25, -0.2) is 0 Å².